The van der Waals surface area contributed by atoms with Gasteiger partial charge in [-0.05, 0) is 51.7 Å². The summed E-state index contributed by atoms with van der Waals surface area (Å²) in [6.45, 7) is 3.87. The van der Waals surface area contributed by atoms with Crippen molar-refractivity contribution in [3.8, 4) is 11.3 Å². The van der Waals surface area contributed by atoms with Crippen molar-refractivity contribution in [2.75, 3.05) is 0 Å². The van der Waals surface area contributed by atoms with E-state index in [9.17, 15) is 8.78 Å². The Morgan fingerprint density at radius 3 is 2.71 bits per heavy atom. The van der Waals surface area contributed by atoms with Gasteiger partial charge in [-0.15, -0.1) is 0 Å². The minimum absolute atomic E-state index is 0.0121. The van der Waals surface area contributed by atoms with E-state index in [2.05, 4.69) is 21.3 Å². The molecule has 1 saturated heterocycles. The number of rotatable bonds is 4. The minimum Gasteiger partial charge on any atom is -0.370 e. The molecule has 6 rings (SSSR count). The molecule has 34 heavy (non-hydrogen) atoms. The van der Waals surface area contributed by atoms with Gasteiger partial charge in [0.25, 0.3) is 0 Å². The van der Waals surface area contributed by atoms with E-state index in [1.165, 1.54) is 25.0 Å². The Bertz CT molecular complexity index is 1390. The van der Waals surface area contributed by atoms with Crippen LogP contribution in [0.5, 0.6) is 0 Å². The minimum atomic E-state index is -0.695. The van der Waals surface area contributed by atoms with Crippen molar-refractivity contribution < 1.29 is 13.5 Å². The van der Waals surface area contributed by atoms with E-state index in [1.807, 2.05) is 24.7 Å². The number of nitrogens with zero attached hydrogens (tertiary/aromatic N) is 6. The Morgan fingerprint density at radius 2 is 1.91 bits per heavy atom. The largest absolute Gasteiger partial charge is 0.370 e. The first-order chi connectivity index (χ1) is 16.4. The lowest BCUT2D eigenvalue weighted by Crippen LogP contribution is -2.26. The van der Waals surface area contributed by atoms with Crippen LogP contribution in [-0.4, -0.2) is 35.8 Å². The van der Waals surface area contributed by atoms with Crippen LogP contribution in [0.2, 0.25) is 0 Å². The van der Waals surface area contributed by atoms with Crippen LogP contribution in [-0.2, 0) is 4.74 Å². The molecule has 0 bridgehead atoms. The molecule has 0 radical (unpaired) electrons. The van der Waals surface area contributed by atoms with E-state index < -0.39 is 11.6 Å². The lowest BCUT2D eigenvalue weighted by atomic mass is 9.89. The summed E-state index contributed by atoms with van der Waals surface area (Å²) >= 11 is 0. The number of ether oxygens (including phenoxy) is 1. The van der Waals surface area contributed by atoms with E-state index in [4.69, 9.17) is 14.7 Å². The summed E-state index contributed by atoms with van der Waals surface area (Å²) in [5.74, 6) is -0.790. The summed E-state index contributed by atoms with van der Waals surface area (Å²) in [5, 5.41) is 4.51. The summed E-state index contributed by atoms with van der Waals surface area (Å²) in [5.41, 5.74) is 3.04. The molecule has 174 valence electrons. The molecule has 0 spiro atoms. The van der Waals surface area contributed by atoms with Crippen LogP contribution in [0.4, 0.5) is 8.78 Å². The molecule has 0 unspecified atom stereocenters. The number of hydrogen-bond donors (Lipinski definition) is 0. The Labute approximate surface area is 195 Å². The molecule has 3 aromatic heterocycles. The topological polar surface area (TPSA) is 78.6 Å². The third-order valence-electron chi connectivity index (χ3n) is 6.52. The van der Waals surface area contributed by atoms with Gasteiger partial charge in [0.15, 0.2) is 5.65 Å². The smallest absolute Gasteiger partial charge is 0.182 e. The van der Waals surface area contributed by atoms with E-state index in [-0.39, 0.29) is 23.7 Å². The number of aryl methyl sites for hydroxylation is 1. The number of benzene rings is 1. The molecular formula is C25H24F2N6O. The molecular weight excluding hydrogens is 438 g/mol. The first-order valence-corrected chi connectivity index (χ1v) is 11.6. The maximum atomic E-state index is 14.8. The molecule has 4 heterocycles. The third kappa shape index (κ3) is 3.94. The fourth-order valence-corrected chi connectivity index (χ4v) is 4.69. The van der Waals surface area contributed by atoms with Gasteiger partial charge in [0.2, 0.25) is 0 Å². The average Bonchev–Trinajstić information content (AvgIpc) is 3.54. The van der Waals surface area contributed by atoms with E-state index in [0.717, 1.165) is 18.1 Å². The summed E-state index contributed by atoms with van der Waals surface area (Å²) < 4.78 is 36.6. The van der Waals surface area contributed by atoms with Gasteiger partial charge in [-0.2, -0.15) is 5.10 Å². The van der Waals surface area contributed by atoms with Gasteiger partial charge < -0.3 is 4.74 Å². The van der Waals surface area contributed by atoms with Gasteiger partial charge in [0.05, 0.1) is 30.1 Å². The quantitative estimate of drug-likeness (QED) is 0.413. The van der Waals surface area contributed by atoms with Crippen molar-refractivity contribution in [1.82, 2.24) is 29.7 Å². The second-order valence-corrected chi connectivity index (χ2v) is 9.33. The molecule has 9 heteroatoms. The maximum absolute atomic E-state index is 14.8. The Balaban J connectivity index is 1.41. The predicted octanol–water partition coefficient (Wildman–Crippen LogP) is 5.23. The number of fused-ring (bicyclic) bond motifs is 1. The van der Waals surface area contributed by atoms with Crippen LogP contribution >= 0.6 is 0 Å². The van der Waals surface area contributed by atoms with Gasteiger partial charge in [0, 0.05) is 35.5 Å². The van der Waals surface area contributed by atoms with Crippen molar-refractivity contribution in [1.29, 1.82) is 0 Å². The zero-order valence-electron chi connectivity index (χ0n) is 18.9. The summed E-state index contributed by atoms with van der Waals surface area (Å²) in [4.78, 5) is 18.5. The van der Waals surface area contributed by atoms with E-state index in [1.54, 1.807) is 6.20 Å². The standard InChI is InChI=1S/C25H24F2N6O/c1-13-10-28-23-22(19-6-3-17(26)9-20(19)27)31-24(32-25(23)30-13)15-7-14(2)34-21(8-15)16-11-29-33(12-16)18-4-5-18/h3,6,9-12,14-15,18,21H,4-5,7-8H2,1-2H3/t14-,15-,21+/m1/s1. The summed E-state index contributed by atoms with van der Waals surface area (Å²) in [6.07, 6.45) is 9.15. The van der Waals surface area contributed by atoms with Crippen LogP contribution in [0, 0.1) is 18.6 Å². The molecule has 7 nitrogen and oxygen atoms in total. The molecule has 1 saturated carbocycles. The molecule has 0 N–H and O–H groups in total. The van der Waals surface area contributed by atoms with Crippen LogP contribution in [0.1, 0.15) is 67.8 Å². The fraction of sp³-hybridized carbons (Fsp3) is 0.400. The van der Waals surface area contributed by atoms with Crippen molar-refractivity contribution >= 4 is 11.2 Å². The second kappa shape index (κ2) is 8.16. The maximum Gasteiger partial charge on any atom is 0.182 e. The molecule has 0 amide bonds. The summed E-state index contributed by atoms with van der Waals surface area (Å²) in [6, 6.07) is 3.97. The lowest BCUT2D eigenvalue weighted by molar-refractivity contribution is -0.0511. The van der Waals surface area contributed by atoms with Crippen molar-refractivity contribution in [2.45, 2.75) is 63.7 Å². The molecule has 1 aromatic carbocycles. The molecule has 2 fully saturated rings. The first-order valence-electron chi connectivity index (χ1n) is 11.6. The number of aromatic nitrogens is 6. The van der Waals surface area contributed by atoms with Gasteiger partial charge in [-0.3, -0.25) is 4.68 Å². The van der Waals surface area contributed by atoms with Crippen molar-refractivity contribution in [3.05, 3.63) is 65.5 Å². The number of hydrogen-bond acceptors (Lipinski definition) is 6. The molecule has 2 aliphatic rings. The van der Waals surface area contributed by atoms with Crippen molar-refractivity contribution in [3.63, 3.8) is 0 Å². The highest BCUT2D eigenvalue weighted by Crippen LogP contribution is 2.41. The highest BCUT2D eigenvalue weighted by molar-refractivity contribution is 5.86. The predicted molar refractivity (Wildman–Crippen MR) is 121 cm³/mol. The van der Waals surface area contributed by atoms with Gasteiger partial charge in [-0.1, -0.05) is 0 Å². The normalized spacial score (nSPS) is 22.9. The Hall–Kier alpha value is -3.33. The Morgan fingerprint density at radius 1 is 1.06 bits per heavy atom. The van der Waals surface area contributed by atoms with Crippen LogP contribution in [0.3, 0.4) is 0 Å². The first kappa shape index (κ1) is 21.2. The molecule has 3 atom stereocenters. The zero-order chi connectivity index (χ0) is 23.4. The third-order valence-corrected chi connectivity index (χ3v) is 6.52. The second-order valence-electron chi connectivity index (χ2n) is 9.33. The summed E-state index contributed by atoms with van der Waals surface area (Å²) in [7, 11) is 0. The van der Waals surface area contributed by atoms with Crippen molar-refractivity contribution in [2.24, 2.45) is 0 Å². The average molecular weight is 463 g/mol. The zero-order valence-corrected chi connectivity index (χ0v) is 18.9. The van der Waals surface area contributed by atoms with Gasteiger partial charge in [0.1, 0.15) is 28.7 Å². The van der Waals surface area contributed by atoms with Crippen LogP contribution in [0.25, 0.3) is 22.4 Å². The van der Waals surface area contributed by atoms with Crippen LogP contribution in [0.15, 0.2) is 36.8 Å². The van der Waals surface area contributed by atoms with Crippen LogP contribution < -0.4 is 0 Å². The Kier molecular flexibility index (Phi) is 5.09. The molecule has 1 aliphatic carbocycles. The monoisotopic (exact) mass is 462 g/mol. The van der Waals surface area contributed by atoms with Gasteiger partial charge in [-0.25, -0.2) is 28.7 Å². The highest BCUT2D eigenvalue weighted by atomic mass is 19.1. The molecule has 1 aliphatic heterocycles. The SMILES string of the molecule is Cc1cnc2c(-c3ccc(F)cc3F)nc([C@@H]3C[C@@H](C)O[C@H](c4cnn(C5CC5)c4)C3)nc2n1. The fourth-order valence-electron chi connectivity index (χ4n) is 4.69. The van der Waals surface area contributed by atoms with E-state index >= 15 is 0 Å². The van der Waals surface area contributed by atoms with Gasteiger partial charge >= 0.3 is 0 Å². The highest BCUT2D eigenvalue weighted by Gasteiger charge is 2.33. The number of halogens is 2. The molecule has 4 aromatic rings. The van der Waals surface area contributed by atoms with E-state index in [0.29, 0.717) is 40.8 Å². The lowest BCUT2D eigenvalue weighted by Gasteiger charge is -2.33.